The molecule has 1 aliphatic heterocycles. The van der Waals surface area contributed by atoms with Gasteiger partial charge in [0.05, 0.1) is 5.52 Å². The van der Waals surface area contributed by atoms with Crippen molar-refractivity contribution in [2.75, 3.05) is 13.1 Å². The maximum Gasteiger partial charge on any atom is 0.270 e. The summed E-state index contributed by atoms with van der Waals surface area (Å²) < 4.78 is 2.01. The van der Waals surface area contributed by atoms with Gasteiger partial charge in [-0.2, -0.15) is 0 Å². The van der Waals surface area contributed by atoms with Gasteiger partial charge in [-0.05, 0) is 30.4 Å². The average molecular weight is 282 g/mol. The number of carbonyl (C=O) groups is 1. The summed E-state index contributed by atoms with van der Waals surface area (Å²) in [6, 6.07) is 8.10. The highest BCUT2D eigenvalue weighted by molar-refractivity contribution is 6.00. The van der Waals surface area contributed by atoms with Gasteiger partial charge in [0, 0.05) is 25.5 Å². The molecule has 1 saturated heterocycles. The number of hydrogen-bond acceptors (Lipinski definition) is 1. The molecule has 0 bridgehead atoms. The average Bonchev–Trinajstić information content (AvgIpc) is 2.84. The first-order valence-electron chi connectivity index (χ1n) is 7.62. The van der Waals surface area contributed by atoms with Crippen LogP contribution in [-0.4, -0.2) is 28.5 Å². The predicted molar refractivity (Wildman–Crippen MR) is 87.3 cm³/mol. The summed E-state index contributed by atoms with van der Waals surface area (Å²) in [6.07, 6.45) is 4.17. The third-order valence-electron chi connectivity index (χ3n) is 4.47. The number of benzene rings is 1. The van der Waals surface area contributed by atoms with E-state index < -0.39 is 0 Å². The quantitative estimate of drug-likeness (QED) is 0.824. The van der Waals surface area contributed by atoms with Gasteiger partial charge < -0.3 is 9.47 Å². The van der Waals surface area contributed by atoms with Gasteiger partial charge in [-0.25, -0.2) is 0 Å². The monoisotopic (exact) mass is 282 g/mol. The summed E-state index contributed by atoms with van der Waals surface area (Å²) >= 11 is 0. The van der Waals surface area contributed by atoms with E-state index in [-0.39, 0.29) is 5.91 Å². The van der Waals surface area contributed by atoms with E-state index >= 15 is 0 Å². The molecule has 3 nitrogen and oxygen atoms in total. The fourth-order valence-electron chi connectivity index (χ4n) is 3.35. The van der Waals surface area contributed by atoms with Crippen molar-refractivity contribution in [3.63, 3.8) is 0 Å². The normalized spacial score (nSPS) is 19.0. The molecule has 3 rings (SSSR count). The second kappa shape index (κ2) is 5.40. The van der Waals surface area contributed by atoms with Gasteiger partial charge in [0.15, 0.2) is 0 Å². The van der Waals surface area contributed by atoms with Crippen molar-refractivity contribution >= 4 is 22.9 Å². The lowest BCUT2D eigenvalue weighted by Crippen LogP contribution is -2.39. The number of para-hydroxylation sites is 1. The minimum absolute atomic E-state index is 0.148. The maximum atomic E-state index is 12.8. The zero-order valence-electron chi connectivity index (χ0n) is 12.8. The van der Waals surface area contributed by atoms with Crippen LogP contribution in [0.4, 0.5) is 0 Å². The SMILES string of the molecule is C=Cc1cccc2cc(C(=O)N3CCCC(C)C3)n(C)c12. The van der Waals surface area contributed by atoms with Gasteiger partial charge in [-0.15, -0.1) is 0 Å². The second-order valence-electron chi connectivity index (χ2n) is 6.08. The molecule has 0 radical (unpaired) electrons. The molecule has 21 heavy (non-hydrogen) atoms. The molecule has 1 atom stereocenters. The molecular weight excluding hydrogens is 260 g/mol. The fourth-order valence-corrected chi connectivity index (χ4v) is 3.35. The minimum atomic E-state index is 0.148. The molecule has 1 aromatic heterocycles. The van der Waals surface area contributed by atoms with Crippen LogP contribution in [0.2, 0.25) is 0 Å². The number of hydrogen-bond donors (Lipinski definition) is 0. The second-order valence-corrected chi connectivity index (χ2v) is 6.08. The molecule has 3 heteroatoms. The molecule has 0 saturated carbocycles. The first-order valence-corrected chi connectivity index (χ1v) is 7.62. The Morgan fingerprint density at radius 1 is 1.43 bits per heavy atom. The molecule has 1 unspecified atom stereocenters. The Labute approximate surface area is 125 Å². The van der Waals surface area contributed by atoms with Crippen molar-refractivity contribution in [1.29, 1.82) is 0 Å². The summed E-state index contributed by atoms with van der Waals surface area (Å²) in [5.41, 5.74) is 2.93. The molecule has 0 spiro atoms. The number of amides is 1. The number of fused-ring (bicyclic) bond motifs is 1. The van der Waals surface area contributed by atoms with Crippen LogP contribution in [0, 0.1) is 5.92 Å². The first-order chi connectivity index (χ1) is 10.1. The Bertz CT molecular complexity index is 699. The molecule has 0 aliphatic carbocycles. The Hall–Kier alpha value is -2.03. The Kier molecular flexibility index (Phi) is 3.58. The van der Waals surface area contributed by atoms with Crippen molar-refractivity contribution in [3.8, 4) is 0 Å². The van der Waals surface area contributed by atoms with Crippen molar-refractivity contribution in [1.82, 2.24) is 9.47 Å². The van der Waals surface area contributed by atoms with Gasteiger partial charge in [0.2, 0.25) is 0 Å². The highest BCUT2D eigenvalue weighted by atomic mass is 16.2. The van der Waals surface area contributed by atoms with Crippen molar-refractivity contribution in [2.24, 2.45) is 13.0 Å². The van der Waals surface area contributed by atoms with Crippen LogP contribution in [0.3, 0.4) is 0 Å². The number of nitrogens with zero attached hydrogens (tertiary/aromatic N) is 2. The predicted octanol–water partition coefficient (Wildman–Crippen LogP) is 3.69. The van der Waals surface area contributed by atoms with Crippen LogP contribution in [-0.2, 0) is 7.05 Å². The van der Waals surface area contributed by atoms with E-state index in [0.717, 1.165) is 41.7 Å². The lowest BCUT2D eigenvalue weighted by Gasteiger charge is -2.31. The molecule has 1 fully saturated rings. The number of carbonyl (C=O) groups excluding carboxylic acids is 1. The largest absolute Gasteiger partial charge is 0.339 e. The smallest absolute Gasteiger partial charge is 0.270 e. The van der Waals surface area contributed by atoms with Gasteiger partial charge in [0.1, 0.15) is 5.69 Å². The first kappa shape index (κ1) is 13.9. The molecule has 1 aliphatic rings. The highest BCUT2D eigenvalue weighted by Crippen LogP contribution is 2.25. The molecule has 1 amide bonds. The summed E-state index contributed by atoms with van der Waals surface area (Å²) in [5, 5.41) is 1.10. The topological polar surface area (TPSA) is 25.2 Å². The molecule has 1 aromatic carbocycles. The third kappa shape index (κ3) is 2.37. The molecule has 110 valence electrons. The summed E-state index contributed by atoms with van der Waals surface area (Å²) in [4.78, 5) is 14.8. The van der Waals surface area contributed by atoms with Crippen LogP contribution >= 0.6 is 0 Å². The Balaban J connectivity index is 2.02. The van der Waals surface area contributed by atoms with E-state index in [1.54, 1.807) is 0 Å². The minimum Gasteiger partial charge on any atom is -0.339 e. The number of aryl methyl sites for hydroxylation is 1. The van der Waals surface area contributed by atoms with Crippen LogP contribution in [0.5, 0.6) is 0 Å². The maximum absolute atomic E-state index is 12.8. The number of rotatable bonds is 2. The number of likely N-dealkylation sites (tertiary alicyclic amines) is 1. The van der Waals surface area contributed by atoms with Crippen LogP contribution in [0.25, 0.3) is 17.0 Å². The molecule has 0 N–H and O–H groups in total. The van der Waals surface area contributed by atoms with Crippen LogP contribution in [0.15, 0.2) is 30.8 Å². The van der Waals surface area contributed by atoms with Gasteiger partial charge in [0.25, 0.3) is 5.91 Å². The van der Waals surface area contributed by atoms with Crippen molar-refractivity contribution in [2.45, 2.75) is 19.8 Å². The van der Waals surface area contributed by atoms with Gasteiger partial charge >= 0.3 is 0 Å². The lowest BCUT2D eigenvalue weighted by molar-refractivity contribution is 0.0674. The van der Waals surface area contributed by atoms with Gasteiger partial charge in [-0.3, -0.25) is 4.79 Å². The lowest BCUT2D eigenvalue weighted by atomic mass is 10.00. The Morgan fingerprint density at radius 3 is 2.95 bits per heavy atom. The van der Waals surface area contributed by atoms with E-state index in [2.05, 4.69) is 19.6 Å². The van der Waals surface area contributed by atoms with E-state index in [9.17, 15) is 4.79 Å². The zero-order chi connectivity index (χ0) is 15.0. The van der Waals surface area contributed by atoms with Gasteiger partial charge in [-0.1, -0.05) is 37.8 Å². The molecular formula is C18H22N2O. The number of aromatic nitrogens is 1. The van der Waals surface area contributed by atoms with E-state index in [4.69, 9.17) is 0 Å². The van der Waals surface area contributed by atoms with E-state index in [0.29, 0.717) is 5.92 Å². The Morgan fingerprint density at radius 2 is 2.24 bits per heavy atom. The zero-order valence-corrected chi connectivity index (χ0v) is 12.8. The van der Waals surface area contributed by atoms with E-state index in [1.165, 1.54) is 6.42 Å². The molecule has 2 aromatic rings. The third-order valence-corrected chi connectivity index (χ3v) is 4.47. The summed E-state index contributed by atoms with van der Waals surface area (Å²) in [5.74, 6) is 0.747. The summed E-state index contributed by atoms with van der Waals surface area (Å²) in [6.45, 7) is 7.83. The van der Waals surface area contributed by atoms with Crippen molar-refractivity contribution < 1.29 is 4.79 Å². The standard InChI is InChI=1S/C18H22N2O/c1-4-14-8-5-9-15-11-16(19(3)17(14)15)18(21)20-10-6-7-13(2)12-20/h4-5,8-9,11,13H,1,6-7,10,12H2,2-3H3. The molecule has 2 heterocycles. The summed E-state index contributed by atoms with van der Waals surface area (Å²) in [7, 11) is 1.97. The van der Waals surface area contributed by atoms with E-state index in [1.807, 2.05) is 40.8 Å². The van der Waals surface area contributed by atoms with Crippen LogP contribution in [0.1, 0.15) is 35.8 Å². The van der Waals surface area contributed by atoms with Crippen LogP contribution < -0.4 is 0 Å². The highest BCUT2D eigenvalue weighted by Gasteiger charge is 2.24. The fraction of sp³-hybridized carbons (Fsp3) is 0.389. The van der Waals surface area contributed by atoms with Crippen molar-refractivity contribution in [3.05, 3.63) is 42.1 Å². The number of piperidine rings is 1.